The predicted molar refractivity (Wildman–Crippen MR) is 105 cm³/mol. The summed E-state index contributed by atoms with van der Waals surface area (Å²) in [5.74, 6) is 1.70. The highest BCUT2D eigenvalue weighted by atomic mass is 16.5. The molecule has 4 heteroatoms. The van der Waals surface area contributed by atoms with Crippen molar-refractivity contribution in [3.8, 4) is 11.5 Å². The van der Waals surface area contributed by atoms with Gasteiger partial charge in [-0.05, 0) is 61.1 Å². The Morgan fingerprint density at radius 1 is 0.577 bits per heavy atom. The Balaban J connectivity index is 1.79. The largest absolute Gasteiger partial charge is 0.494 e. The molecule has 2 rings (SSSR count). The van der Waals surface area contributed by atoms with Gasteiger partial charge in [-0.3, -0.25) is 0 Å². The highest BCUT2D eigenvalue weighted by molar-refractivity contribution is 5.70. The third kappa shape index (κ3) is 7.72. The third-order valence-corrected chi connectivity index (χ3v) is 3.87. The Morgan fingerprint density at radius 3 is 1.31 bits per heavy atom. The summed E-state index contributed by atoms with van der Waals surface area (Å²) in [4.78, 5) is 0. The molecule has 0 saturated heterocycles. The molecule has 0 bridgehead atoms. The number of rotatable bonds is 12. The Hall–Kier alpha value is -2.30. The summed E-state index contributed by atoms with van der Waals surface area (Å²) in [5.41, 5.74) is 2.22. The van der Waals surface area contributed by atoms with E-state index in [0.29, 0.717) is 13.2 Å². The molecule has 140 valence electrons. The second-order valence-corrected chi connectivity index (χ2v) is 6.03. The summed E-state index contributed by atoms with van der Waals surface area (Å²) in [5, 5.41) is 17.5. The Labute approximate surface area is 155 Å². The van der Waals surface area contributed by atoms with Crippen molar-refractivity contribution in [2.45, 2.75) is 25.7 Å². The molecule has 0 atom stereocenters. The molecule has 0 fully saturated rings. The molecule has 2 N–H and O–H groups in total. The van der Waals surface area contributed by atoms with E-state index >= 15 is 0 Å². The first-order chi connectivity index (χ1) is 12.8. The summed E-state index contributed by atoms with van der Waals surface area (Å²) in [6.45, 7) is 1.68. The highest BCUT2D eigenvalue weighted by Gasteiger charge is 1.96. The third-order valence-electron chi connectivity index (χ3n) is 3.87. The molecule has 0 radical (unpaired) electrons. The van der Waals surface area contributed by atoms with Gasteiger partial charge in [-0.25, -0.2) is 0 Å². The molecule has 2 aromatic rings. The van der Waals surface area contributed by atoms with Crippen molar-refractivity contribution in [2.24, 2.45) is 0 Å². The first-order valence-electron chi connectivity index (χ1n) is 9.17. The van der Waals surface area contributed by atoms with Crippen molar-refractivity contribution in [1.82, 2.24) is 0 Å². The van der Waals surface area contributed by atoms with Crippen molar-refractivity contribution in [2.75, 3.05) is 26.4 Å². The van der Waals surface area contributed by atoms with Crippen LogP contribution in [0.1, 0.15) is 36.8 Å². The van der Waals surface area contributed by atoms with E-state index in [0.717, 1.165) is 48.3 Å². The molecule has 0 heterocycles. The number of hydrogen-bond donors (Lipinski definition) is 2. The average molecular weight is 356 g/mol. The van der Waals surface area contributed by atoms with Crippen LogP contribution in [0.25, 0.3) is 12.2 Å². The van der Waals surface area contributed by atoms with Crippen LogP contribution in [0.5, 0.6) is 11.5 Å². The van der Waals surface area contributed by atoms with Crippen LogP contribution in [-0.4, -0.2) is 36.6 Å². The average Bonchev–Trinajstić information content (AvgIpc) is 2.69. The minimum atomic E-state index is 0.212. The van der Waals surface area contributed by atoms with Crippen molar-refractivity contribution in [3.05, 3.63) is 59.7 Å². The zero-order chi connectivity index (χ0) is 18.5. The number of unbranched alkanes of at least 4 members (excludes halogenated alkanes) is 2. The second-order valence-electron chi connectivity index (χ2n) is 6.03. The number of ether oxygens (including phenoxy) is 2. The molecule has 4 nitrogen and oxygen atoms in total. The van der Waals surface area contributed by atoms with Crippen LogP contribution >= 0.6 is 0 Å². The van der Waals surface area contributed by atoms with E-state index in [9.17, 15) is 0 Å². The van der Waals surface area contributed by atoms with Gasteiger partial charge >= 0.3 is 0 Å². The maximum atomic E-state index is 8.75. The van der Waals surface area contributed by atoms with Crippen LogP contribution in [0.3, 0.4) is 0 Å². The SMILES string of the molecule is OCCCCOc1ccc(/C=C/c2ccc(OCCCCO)cc2)cc1. The molecular formula is C22H28O4. The lowest BCUT2D eigenvalue weighted by Crippen LogP contribution is -1.98. The molecular weight excluding hydrogens is 328 g/mol. The van der Waals surface area contributed by atoms with Gasteiger partial charge in [-0.15, -0.1) is 0 Å². The van der Waals surface area contributed by atoms with E-state index in [1.54, 1.807) is 0 Å². The molecule has 0 unspecified atom stereocenters. The van der Waals surface area contributed by atoms with Crippen LogP contribution in [0.4, 0.5) is 0 Å². The fourth-order valence-electron chi connectivity index (χ4n) is 2.35. The van der Waals surface area contributed by atoms with Gasteiger partial charge in [0.05, 0.1) is 13.2 Å². The van der Waals surface area contributed by atoms with Gasteiger partial charge in [-0.1, -0.05) is 36.4 Å². The summed E-state index contributed by atoms with van der Waals surface area (Å²) >= 11 is 0. The minimum Gasteiger partial charge on any atom is -0.494 e. The lowest BCUT2D eigenvalue weighted by atomic mass is 10.1. The van der Waals surface area contributed by atoms with Gasteiger partial charge < -0.3 is 19.7 Å². The Kier molecular flexibility index (Phi) is 9.33. The summed E-state index contributed by atoms with van der Waals surface area (Å²) < 4.78 is 11.2. The Bertz CT molecular complexity index is 575. The Morgan fingerprint density at radius 2 is 0.962 bits per heavy atom. The number of aliphatic hydroxyl groups is 2. The van der Waals surface area contributed by atoms with Gasteiger partial charge in [0.25, 0.3) is 0 Å². The van der Waals surface area contributed by atoms with Crippen molar-refractivity contribution in [1.29, 1.82) is 0 Å². The van der Waals surface area contributed by atoms with Crippen molar-refractivity contribution < 1.29 is 19.7 Å². The number of hydrogen-bond acceptors (Lipinski definition) is 4. The van der Waals surface area contributed by atoms with Gasteiger partial charge in [0.15, 0.2) is 0 Å². The lowest BCUT2D eigenvalue weighted by molar-refractivity contribution is 0.253. The monoisotopic (exact) mass is 356 g/mol. The molecule has 0 aromatic heterocycles. The maximum Gasteiger partial charge on any atom is 0.119 e. The molecule has 0 aliphatic carbocycles. The lowest BCUT2D eigenvalue weighted by Gasteiger charge is -2.06. The first kappa shape index (κ1) is 20.0. The molecule has 0 spiro atoms. The zero-order valence-electron chi connectivity index (χ0n) is 15.1. The van der Waals surface area contributed by atoms with Crippen LogP contribution in [0.2, 0.25) is 0 Å². The molecule has 2 aromatic carbocycles. The van der Waals surface area contributed by atoms with Crippen molar-refractivity contribution in [3.63, 3.8) is 0 Å². The standard InChI is InChI=1S/C22H28O4/c23-15-1-3-17-25-21-11-7-19(8-12-21)5-6-20-9-13-22(14-10-20)26-18-4-2-16-24/h5-14,23-24H,1-4,15-18H2/b6-5+. The second kappa shape index (κ2) is 12.1. The number of benzene rings is 2. The first-order valence-corrected chi connectivity index (χ1v) is 9.17. The summed E-state index contributed by atoms with van der Waals surface area (Å²) in [6.07, 6.45) is 7.39. The summed E-state index contributed by atoms with van der Waals surface area (Å²) in [6, 6.07) is 15.9. The molecule has 0 aliphatic rings. The number of aliphatic hydroxyl groups excluding tert-OH is 2. The molecule has 0 aliphatic heterocycles. The highest BCUT2D eigenvalue weighted by Crippen LogP contribution is 2.17. The maximum absolute atomic E-state index is 8.75. The minimum absolute atomic E-state index is 0.212. The van der Waals surface area contributed by atoms with E-state index in [2.05, 4.69) is 12.2 Å². The van der Waals surface area contributed by atoms with E-state index in [1.165, 1.54) is 0 Å². The van der Waals surface area contributed by atoms with Crippen molar-refractivity contribution >= 4 is 12.2 Å². The smallest absolute Gasteiger partial charge is 0.119 e. The van der Waals surface area contributed by atoms with E-state index in [1.807, 2.05) is 48.5 Å². The predicted octanol–water partition coefficient (Wildman–Crippen LogP) is 4.16. The van der Waals surface area contributed by atoms with Gasteiger partial charge in [-0.2, -0.15) is 0 Å². The van der Waals surface area contributed by atoms with Crippen LogP contribution in [0.15, 0.2) is 48.5 Å². The van der Waals surface area contributed by atoms with Gasteiger partial charge in [0, 0.05) is 13.2 Å². The zero-order valence-corrected chi connectivity index (χ0v) is 15.1. The van der Waals surface area contributed by atoms with E-state index in [-0.39, 0.29) is 13.2 Å². The fraction of sp³-hybridized carbons (Fsp3) is 0.364. The molecule has 0 saturated carbocycles. The van der Waals surface area contributed by atoms with Crippen LogP contribution < -0.4 is 9.47 Å². The van der Waals surface area contributed by atoms with E-state index < -0.39 is 0 Å². The van der Waals surface area contributed by atoms with E-state index in [4.69, 9.17) is 19.7 Å². The van der Waals surface area contributed by atoms with Crippen LogP contribution in [0, 0.1) is 0 Å². The van der Waals surface area contributed by atoms with Crippen LogP contribution in [-0.2, 0) is 0 Å². The quantitative estimate of drug-likeness (QED) is 0.443. The normalized spacial score (nSPS) is 11.0. The van der Waals surface area contributed by atoms with Gasteiger partial charge in [0.2, 0.25) is 0 Å². The van der Waals surface area contributed by atoms with Gasteiger partial charge in [0.1, 0.15) is 11.5 Å². The molecule has 26 heavy (non-hydrogen) atoms. The summed E-state index contributed by atoms with van der Waals surface area (Å²) in [7, 11) is 0. The topological polar surface area (TPSA) is 58.9 Å². The fourth-order valence-corrected chi connectivity index (χ4v) is 2.35. The molecule has 0 amide bonds.